The van der Waals surface area contributed by atoms with Gasteiger partial charge in [0.1, 0.15) is 5.01 Å². The molecule has 3 aromatic rings. The highest BCUT2D eigenvalue weighted by molar-refractivity contribution is 9.10. The van der Waals surface area contributed by atoms with Crippen LogP contribution in [0.15, 0.2) is 28.3 Å². The summed E-state index contributed by atoms with van der Waals surface area (Å²) < 4.78 is 2.80. The van der Waals surface area contributed by atoms with Crippen LogP contribution in [-0.4, -0.2) is 14.6 Å². The van der Waals surface area contributed by atoms with Crippen molar-refractivity contribution in [3.05, 3.63) is 44.0 Å². The Kier molecular flexibility index (Phi) is 3.47. The minimum absolute atomic E-state index is 0.455. The van der Waals surface area contributed by atoms with E-state index < -0.39 is 0 Å². The molecule has 3 aromatic heterocycles. The molecule has 0 amide bonds. The third-order valence-corrected chi connectivity index (χ3v) is 4.58. The first kappa shape index (κ1) is 12.9. The zero-order valence-electron chi connectivity index (χ0n) is 10.0. The van der Waals surface area contributed by atoms with E-state index in [2.05, 4.69) is 31.3 Å². The maximum absolute atomic E-state index is 6.05. The van der Waals surface area contributed by atoms with Crippen LogP contribution in [0.4, 0.5) is 5.69 Å². The molecule has 0 radical (unpaired) electrons. The molecule has 98 valence electrons. The average Bonchev–Trinajstić information content (AvgIpc) is 2.96. The van der Waals surface area contributed by atoms with E-state index in [1.165, 1.54) is 0 Å². The van der Waals surface area contributed by atoms with Crippen molar-refractivity contribution in [2.45, 2.75) is 13.5 Å². The van der Waals surface area contributed by atoms with E-state index in [0.717, 1.165) is 26.2 Å². The molecule has 3 heterocycles. The van der Waals surface area contributed by atoms with Crippen molar-refractivity contribution < 1.29 is 0 Å². The highest BCUT2D eigenvalue weighted by atomic mass is 79.9. The minimum atomic E-state index is 0.455. The molecule has 0 saturated carbocycles. The molecule has 0 saturated heterocycles. The van der Waals surface area contributed by atoms with Gasteiger partial charge in [0.15, 0.2) is 5.15 Å². The normalized spacial score (nSPS) is 11.1. The molecule has 0 aliphatic carbocycles. The summed E-state index contributed by atoms with van der Waals surface area (Å²) >= 11 is 11.2. The van der Waals surface area contributed by atoms with E-state index in [1.54, 1.807) is 22.0 Å². The van der Waals surface area contributed by atoms with E-state index in [4.69, 9.17) is 11.6 Å². The molecule has 0 unspecified atom stereocenters. The second kappa shape index (κ2) is 5.11. The van der Waals surface area contributed by atoms with Gasteiger partial charge >= 0.3 is 0 Å². The van der Waals surface area contributed by atoms with Crippen LogP contribution in [0.25, 0.3) is 5.52 Å². The monoisotopic (exact) mass is 356 g/mol. The lowest BCUT2D eigenvalue weighted by Gasteiger charge is -2.08. The third-order valence-electron chi connectivity index (χ3n) is 2.81. The van der Waals surface area contributed by atoms with Gasteiger partial charge in [0.2, 0.25) is 0 Å². The number of anilines is 1. The molecule has 0 bridgehead atoms. The van der Waals surface area contributed by atoms with Crippen molar-refractivity contribution in [3.63, 3.8) is 0 Å². The molecule has 1 N–H and O–H groups in total. The molecule has 0 aliphatic heterocycles. The Bertz CT molecular complexity index is 723. The minimum Gasteiger partial charge on any atom is -0.377 e. The Balaban J connectivity index is 2.01. The number of fused-ring (bicyclic) bond motifs is 1. The van der Waals surface area contributed by atoms with Gasteiger partial charge in [0.05, 0.1) is 17.7 Å². The second-order valence-corrected chi connectivity index (χ2v) is 6.28. The van der Waals surface area contributed by atoms with Gasteiger partial charge < -0.3 is 5.32 Å². The summed E-state index contributed by atoms with van der Waals surface area (Å²) in [6, 6.07) is 1.84. The van der Waals surface area contributed by atoms with Crippen LogP contribution < -0.4 is 5.32 Å². The smallest absolute Gasteiger partial charge is 0.152 e. The van der Waals surface area contributed by atoms with Crippen LogP contribution in [0.2, 0.25) is 5.15 Å². The molecule has 0 fully saturated rings. The summed E-state index contributed by atoms with van der Waals surface area (Å²) in [6.45, 7) is 2.72. The molecular weight excluding hydrogens is 348 g/mol. The summed E-state index contributed by atoms with van der Waals surface area (Å²) in [7, 11) is 0. The van der Waals surface area contributed by atoms with Gasteiger partial charge in [0.25, 0.3) is 0 Å². The van der Waals surface area contributed by atoms with Crippen LogP contribution in [0, 0.1) is 6.92 Å². The number of aryl methyl sites for hydroxylation is 1. The number of aromatic nitrogens is 3. The van der Waals surface area contributed by atoms with Crippen molar-refractivity contribution in [2.75, 3.05) is 5.32 Å². The number of nitrogens with one attached hydrogen (secondary N) is 1. The van der Waals surface area contributed by atoms with Gasteiger partial charge in [-0.3, -0.25) is 0 Å². The first-order chi connectivity index (χ1) is 9.15. The fourth-order valence-electron chi connectivity index (χ4n) is 1.92. The second-order valence-electron chi connectivity index (χ2n) is 4.06. The Morgan fingerprint density at radius 3 is 3.11 bits per heavy atom. The summed E-state index contributed by atoms with van der Waals surface area (Å²) in [5, 5.41) is 11.1. The van der Waals surface area contributed by atoms with Gasteiger partial charge in [-0.15, -0.1) is 11.3 Å². The first-order valence-electron chi connectivity index (χ1n) is 5.61. The van der Waals surface area contributed by atoms with Crippen molar-refractivity contribution in [1.82, 2.24) is 14.6 Å². The van der Waals surface area contributed by atoms with Crippen molar-refractivity contribution >= 4 is 50.1 Å². The zero-order valence-corrected chi connectivity index (χ0v) is 13.2. The van der Waals surface area contributed by atoms with Gasteiger partial charge in [-0.1, -0.05) is 11.6 Å². The van der Waals surface area contributed by atoms with Crippen LogP contribution in [0.5, 0.6) is 0 Å². The number of hydrogen-bond donors (Lipinski definition) is 1. The van der Waals surface area contributed by atoms with Crippen LogP contribution >= 0.6 is 38.9 Å². The van der Waals surface area contributed by atoms with Gasteiger partial charge in [-0.05, 0) is 28.4 Å². The van der Waals surface area contributed by atoms with Crippen molar-refractivity contribution in [1.29, 1.82) is 0 Å². The molecule has 3 rings (SSSR count). The number of hydrogen-bond acceptors (Lipinski definition) is 4. The van der Waals surface area contributed by atoms with Gasteiger partial charge in [-0.25, -0.2) is 9.50 Å². The molecule has 0 aliphatic rings. The summed E-state index contributed by atoms with van der Waals surface area (Å²) in [5.41, 5.74) is 3.11. The van der Waals surface area contributed by atoms with Gasteiger partial charge in [0, 0.05) is 28.3 Å². The molecule has 4 nitrogen and oxygen atoms in total. The Hall–Kier alpha value is -1.11. The number of thiazole rings is 1. The molecule has 0 spiro atoms. The lowest BCUT2D eigenvalue weighted by Crippen LogP contribution is -2.02. The molecule has 0 atom stereocenters. The fourth-order valence-corrected chi connectivity index (χ4v) is 3.05. The molecule has 19 heavy (non-hydrogen) atoms. The molecule has 0 aromatic carbocycles. The quantitative estimate of drug-likeness (QED) is 0.766. The SMILES string of the molecule is Cc1c(Br)cn2nc(Cl)cc(NCc3nccs3)c12. The first-order valence-corrected chi connectivity index (χ1v) is 7.66. The molecular formula is C12H10BrClN4S. The van der Waals surface area contributed by atoms with E-state index >= 15 is 0 Å². The summed E-state index contributed by atoms with van der Waals surface area (Å²) in [6.07, 6.45) is 3.71. The third kappa shape index (κ3) is 2.48. The van der Waals surface area contributed by atoms with Crippen LogP contribution in [0.1, 0.15) is 10.6 Å². The van der Waals surface area contributed by atoms with E-state index in [0.29, 0.717) is 11.7 Å². The maximum Gasteiger partial charge on any atom is 0.152 e. The predicted molar refractivity (Wildman–Crippen MR) is 82.1 cm³/mol. The number of rotatable bonds is 3. The Morgan fingerprint density at radius 2 is 2.37 bits per heavy atom. The largest absolute Gasteiger partial charge is 0.377 e. The average molecular weight is 358 g/mol. The van der Waals surface area contributed by atoms with E-state index in [1.807, 2.05) is 24.6 Å². The topological polar surface area (TPSA) is 42.2 Å². The molecule has 7 heteroatoms. The standard InChI is InChI=1S/C12H10BrClN4S/c1-7-8(13)6-18-12(7)9(4-10(14)17-18)16-5-11-15-2-3-19-11/h2-4,6,16H,5H2,1H3. The lowest BCUT2D eigenvalue weighted by molar-refractivity contribution is 0.936. The van der Waals surface area contributed by atoms with E-state index in [-0.39, 0.29) is 0 Å². The van der Waals surface area contributed by atoms with Gasteiger partial charge in [-0.2, -0.15) is 5.10 Å². The van der Waals surface area contributed by atoms with Crippen molar-refractivity contribution in [3.8, 4) is 0 Å². The van der Waals surface area contributed by atoms with E-state index in [9.17, 15) is 0 Å². The Morgan fingerprint density at radius 1 is 1.53 bits per heavy atom. The van der Waals surface area contributed by atoms with Crippen LogP contribution in [-0.2, 0) is 6.54 Å². The predicted octanol–water partition coefficient (Wildman–Crippen LogP) is 4.13. The highest BCUT2D eigenvalue weighted by Gasteiger charge is 2.11. The van der Waals surface area contributed by atoms with Crippen molar-refractivity contribution in [2.24, 2.45) is 0 Å². The maximum atomic E-state index is 6.05. The number of nitrogens with zero attached hydrogens (tertiary/aromatic N) is 3. The lowest BCUT2D eigenvalue weighted by atomic mass is 10.2. The summed E-state index contributed by atoms with van der Waals surface area (Å²) in [4.78, 5) is 4.25. The number of halogens is 2. The zero-order chi connectivity index (χ0) is 13.4. The Labute approximate surface area is 127 Å². The van der Waals surface area contributed by atoms with Crippen LogP contribution in [0.3, 0.4) is 0 Å². The summed E-state index contributed by atoms with van der Waals surface area (Å²) in [5.74, 6) is 0. The highest BCUT2D eigenvalue weighted by Crippen LogP contribution is 2.29. The fraction of sp³-hybridized carbons (Fsp3) is 0.167.